The molecular formula is C45H38N8O7S4. The van der Waals surface area contributed by atoms with Gasteiger partial charge in [-0.2, -0.15) is 0 Å². The number of nitrogens with zero attached hydrogens (tertiary/aromatic N) is 6. The molecule has 15 nitrogen and oxygen atoms in total. The van der Waals surface area contributed by atoms with Crippen LogP contribution in [0.3, 0.4) is 0 Å². The zero-order valence-electron chi connectivity index (χ0n) is 34.3. The molecule has 8 rings (SSSR count). The maximum atomic E-state index is 13.1. The quantitative estimate of drug-likeness (QED) is 0.113. The van der Waals surface area contributed by atoms with E-state index >= 15 is 0 Å². The van der Waals surface area contributed by atoms with E-state index in [2.05, 4.69) is 30.6 Å². The van der Waals surface area contributed by atoms with Crippen molar-refractivity contribution in [3.63, 3.8) is 0 Å². The van der Waals surface area contributed by atoms with Crippen molar-refractivity contribution in [1.29, 1.82) is 0 Å². The fourth-order valence-electron chi connectivity index (χ4n) is 5.93. The lowest BCUT2D eigenvalue weighted by Crippen LogP contribution is -2.27. The van der Waals surface area contributed by atoms with Crippen LogP contribution >= 0.6 is 22.7 Å². The molecule has 4 aromatic carbocycles. The minimum Gasteiger partial charge on any atom is -0.495 e. The molecule has 0 aliphatic heterocycles. The van der Waals surface area contributed by atoms with Crippen LogP contribution < -0.4 is 24.0 Å². The molecule has 0 fully saturated rings. The number of hydrogen-bond acceptors (Lipinski definition) is 13. The van der Waals surface area contributed by atoms with Gasteiger partial charge in [-0.3, -0.25) is 38.8 Å². The lowest BCUT2D eigenvalue weighted by molar-refractivity contribution is 0.101. The highest BCUT2D eigenvalue weighted by atomic mass is 32.2. The molecule has 19 heteroatoms. The summed E-state index contributed by atoms with van der Waals surface area (Å²) in [5.41, 5.74) is 4.37. The number of thiazole rings is 2. The summed E-state index contributed by atoms with van der Waals surface area (Å²) >= 11 is 2.57. The molecule has 8 aromatic rings. The standard InChI is InChI=1S/C23H20N4O4S2.C22H18N4O3S2/c1-27(20-8-3-4-9-21(20)31-2)33(29,30)17-12-10-16(11-13-17)22(28)26-23-25-19(15-32-23)18-7-5-6-14-24-18;1-26(17-7-3-2-4-8-17)31(28,29)18-12-10-16(11-13-18)21(27)25-22-24-20(15-30-22)19-9-5-6-14-23-19/h3-15H,1-2H3,(H,25,26,28);2-15H,1H3,(H,24,25,27). The minimum absolute atomic E-state index is 0.0548. The molecule has 4 heterocycles. The number of methoxy groups -OCH3 is 1. The summed E-state index contributed by atoms with van der Waals surface area (Å²) in [7, 11) is -3.16. The van der Waals surface area contributed by atoms with Crippen molar-refractivity contribution in [2.75, 3.05) is 40.4 Å². The summed E-state index contributed by atoms with van der Waals surface area (Å²) in [6.45, 7) is 0. The van der Waals surface area contributed by atoms with Crippen LogP contribution in [0, 0.1) is 0 Å². The number of anilines is 4. The van der Waals surface area contributed by atoms with Crippen molar-refractivity contribution in [3.8, 4) is 28.5 Å². The van der Waals surface area contributed by atoms with E-state index < -0.39 is 20.0 Å². The molecule has 0 saturated carbocycles. The van der Waals surface area contributed by atoms with E-state index in [0.717, 1.165) is 10.00 Å². The number of para-hydroxylation sites is 3. The van der Waals surface area contributed by atoms with Crippen LogP contribution in [0.25, 0.3) is 22.8 Å². The Morgan fingerprint density at radius 1 is 0.531 bits per heavy atom. The number of benzene rings is 4. The predicted molar refractivity (Wildman–Crippen MR) is 250 cm³/mol. The Morgan fingerprint density at radius 2 is 0.969 bits per heavy atom. The van der Waals surface area contributed by atoms with Gasteiger partial charge in [0.1, 0.15) is 17.1 Å². The van der Waals surface area contributed by atoms with Gasteiger partial charge in [-0.15, -0.1) is 22.7 Å². The number of aromatic nitrogens is 4. The molecule has 0 saturated heterocycles. The zero-order chi connectivity index (χ0) is 45.3. The summed E-state index contributed by atoms with van der Waals surface area (Å²) in [6.07, 6.45) is 3.35. The first kappa shape index (κ1) is 44.7. The number of carbonyl (C=O) groups is 2. The zero-order valence-corrected chi connectivity index (χ0v) is 37.5. The highest BCUT2D eigenvalue weighted by Gasteiger charge is 2.25. The van der Waals surface area contributed by atoms with Crippen molar-refractivity contribution < 1.29 is 31.2 Å². The summed E-state index contributed by atoms with van der Waals surface area (Å²) in [5.74, 6) is -0.325. The van der Waals surface area contributed by atoms with Crippen LogP contribution in [0.15, 0.2) is 172 Å². The minimum atomic E-state index is -3.85. The van der Waals surface area contributed by atoms with Crippen molar-refractivity contribution >= 4 is 76.2 Å². The lowest BCUT2D eigenvalue weighted by Gasteiger charge is -2.21. The van der Waals surface area contributed by atoms with Crippen molar-refractivity contribution in [3.05, 3.63) is 174 Å². The SMILES string of the molecule is CN(c1ccccc1)S(=O)(=O)c1ccc(C(=O)Nc2nc(-c3ccccn3)cs2)cc1.COc1ccccc1N(C)S(=O)(=O)c1ccc(C(=O)Nc2nc(-c3ccccn3)cs2)cc1. The second kappa shape index (κ2) is 19.8. The van der Waals surface area contributed by atoms with E-state index in [1.54, 1.807) is 66.3 Å². The normalized spacial score (nSPS) is 11.1. The third kappa shape index (κ3) is 10.3. The van der Waals surface area contributed by atoms with Gasteiger partial charge in [0.05, 0.1) is 39.7 Å². The van der Waals surface area contributed by atoms with Gasteiger partial charge in [0.15, 0.2) is 10.3 Å². The molecule has 2 N–H and O–H groups in total. The van der Waals surface area contributed by atoms with Gasteiger partial charge in [0.25, 0.3) is 31.9 Å². The Hall–Kier alpha value is -7.32. The van der Waals surface area contributed by atoms with Gasteiger partial charge in [-0.25, -0.2) is 26.8 Å². The van der Waals surface area contributed by atoms with Crippen LogP contribution in [0.1, 0.15) is 20.7 Å². The first-order chi connectivity index (χ1) is 30.8. The van der Waals surface area contributed by atoms with Gasteiger partial charge in [0.2, 0.25) is 0 Å². The lowest BCUT2D eigenvalue weighted by atomic mass is 10.2. The third-order valence-corrected chi connectivity index (χ3v) is 14.5. The van der Waals surface area contributed by atoms with E-state index in [4.69, 9.17) is 4.74 Å². The van der Waals surface area contributed by atoms with E-state index in [1.165, 1.54) is 96.7 Å². The molecular weight excluding hydrogens is 893 g/mol. The number of hydrogen-bond donors (Lipinski definition) is 2. The highest BCUT2D eigenvalue weighted by Crippen LogP contribution is 2.31. The number of carbonyl (C=O) groups excluding carboxylic acids is 2. The largest absolute Gasteiger partial charge is 0.495 e. The van der Waals surface area contributed by atoms with Gasteiger partial charge < -0.3 is 4.74 Å². The second-order valence-electron chi connectivity index (χ2n) is 13.4. The Balaban J connectivity index is 0.000000192. The predicted octanol–water partition coefficient (Wildman–Crippen LogP) is 8.57. The third-order valence-electron chi connectivity index (χ3n) is 9.40. The molecule has 0 unspecified atom stereocenters. The van der Waals surface area contributed by atoms with E-state index in [9.17, 15) is 26.4 Å². The average molecular weight is 931 g/mol. The van der Waals surface area contributed by atoms with Gasteiger partial charge in [-0.05, 0) is 97.1 Å². The number of rotatable bonds is 13. The van der Waals surface area contributed by atoms with Gasteiger partial charge in [-0.1, -0.05) is 42.5 Å². The summed E-state index contributed by atoms with van der Waals surface area (Å²) in [5, 5.41) is 9.95. The Bertz CT molecular complexity index is 3080. The first-order valence-electron chi connectivity index (χ1n) is 19.1. The topological polar surface area (TPSA) is 194 Å². The number of nitrogens with one attached hydrogen (secondary N) is 2. The maximum absolute atomic E-state index is 13.1. The Labute approximate surface area is 377 Å². The van der Waals surface area contributed by atoms with E-state index in [1.807, 2.05) is 47.8 Å². The van der Waals surface area contributed by atoms with Crippen LogP contribution in [-0.2, 0) is 20.0 Å². The van der Waals surface area contributed by atoms with Crippen LogP contribution in [0.4, 0.5) is 21.6 Å². The van der Waals surface area contributed by atoms with Gasteiger partial charge in [0, 0.05) is 48.4 Å². The molecule has 2 amide bonds. The van der Waals surface area contributed by atoms with E-state index in [-0.39, 0.29) is 21.6 Å². The first-order valence-corrected chi connectivity index (χ1v) is 23.7. The van der Waals surface area contributed by atoms with E-state index in [0.29, 0.717) is 55.6 Å². The van der Waals surface area contributed by atoms with Crippen molar-refractivity contribution in [2.45, 2.75) is 9.79 Å². The highest BCUT2D eigenvalue weighted by molar-refractivity contribution is 7.93. The molecule has 64 heavy (non-hydrogen) atoms. The summed E-state index contributed by atoms with van der Waals surface area (Å²) in [6, 6.07) is 38.2. The molecule has 0 aliphatic rings. The second-order valence-corrected chi connectivity index (χ2v) is 19.1. The number of pyridine rings is 2. The average Bonchev–Trinajstić information content (AvgIpc) is 4.02. The molecule has 4 aromatic heterocycles. The molecule has 0 bridgehead atoms. The number of sulfonamides is 2. The Kier molecular flexibility index (Phi) is 13.8. The summed E-state index contributed by atoms with van der Waals surface area (Å²) in [4.78, 5) is 42.6. The van der Waals surface area contributed by atoms with Crippen molar-refractivity contribution in [2.24, 2.45) is 0 Å². The number of ether oxygens (including phenoxy) is 1. The fraction of sp³-hybridized carbons (Fsp3) is 0.0667. The smallest absolute Gasteiger partial charge is 0.264 e. The monoisotopic (exact) mass is 930 g/mol. The molecule has 0 atom stereocenters. The molecule has 0 radical (unpaired) electrons. The van der Waals surface area contributed by atoms with Gasteiger partial charge >= 0.3 is 0 Å². The molecule has 0 aliphatic carbocycles. The summed E-state index contributed by atoms with van der Waals surface area (Å²) < 4.78 is 59.5. The maximum Gasteiger partial charge on any atom is 0.264 e. The Morgan fingerprint density at radius 3 is 1.42 bits per heavy atom. The van der Waals surface area contributed by atoms with Crippen LogP contribution in [0.5, 0.6) is 5.75 Å². The molecule has 324 valence electrons. The van der Waals surface area contributed by atoms with Crippen LogP contribution in [0.2, 0.25) is 0 Å². The fourth-order valence-corrected chi connectivity index (χ4v) is 9.73. The van der Waals surface area contributed by atoms with Crippen molar-refractivity contribution in [1.82, 2.24) is 19.9 Å². The molecule has 0 spiro atoms. The number of amides is 2. The van der Waals surface area contributed by atoms with Crippen LogP contribution in [-0.4, -0.2) is 69.8 Å².